The number of benzene rings is 2. The van der Waals surface area contributed by atoms with E-state index in [-0.39, 0.29) is 11.9 Å². The monoisotopic (exact) mass is 313 g/mol. The van der Waals surface area contributed by atoms with E-state index in [1.165, 1.54) is 0 Å². The molecule has 2 aromatic carbocycles. The Hall–Kier alpha value is -2.49. The van der Waals surface area contributed by atoms with E-state index in [4.69, 9.17) is 9.47 Å². The number of rotatable bonds is 8. The maximum atomic E-state index is 12.0. The lowest BCUT2D eigenvalue weighted by Crippen LogP contribution is -2.26. The summed E-state index contributed by atoms with van der Waals surface area (Å²) in [6, 6.07) is 17.3. The molecule has 2 aromatic rings. The standard InChI is InChI=1S/C19H23NO3/c1-15(16-10-12-17(22-2)13-11-16)20-19(21)9-6-14-23-18-7-4-3-5-8-18/h3-5,7-8,10-13,15H,6,9,14H2,1-2H3,(H,20,21)/t15-/m1/s1. The summed E-state index contributed by atoms with van der Waals surface area (Å²) >= 11 is 0. The highest BCUT2D eigenvalue weighted by Gasteiger charge is 2.09. The molecule has 122 valence electrons. The molecule has 0 spiro atoms. The first-order valence-electron chi connectivity index (χ1n) is 7.80. The fraction of sp³-hybridized carbons (Fsp3) is 0.316. The summed E-state index contributed by atoms with van der Waals surface area (Å²) in [6.45, 7) is 2.51. The van der Waals surface area contributed by atoms with Gasteiger partial charge in [-0.15, -0.1) is 0 Å². The Morgan fingerprint density at radius 1 is 1.04 bits per heavy atom. The molecule has 0 radical (unpaired) electrons. The van der Waals surface area contributed by atoms with Gasteiger partial charge in [0.1, 0.15) is 11.5 Å². The largest absolute Gasteiger partial charge is 0.497 e. The third-order valence-electron chi connectivity index (χ3n) is 3.55. The predicted octanol–water partition coefficient (Wildman–Crippen LogP) is 3.73. The van der Waals surface area contributed by atoms with Crippen molar-refractivity contribution in [1.29, 1.82) is 0 Å². The molecular weight excluding hydrogens is 290 g/mol. The third-order valence-corrected chi connectivity index (χ3v) is 3.55. The van der Waals surface area contributed by atoms with E-state index in [9.17, 15) is 4.79 Å². The lowest BCUT2D eigenvalue weighted by Gasteiger charge is -2.15. The molecule has 0 aliphatic heterocycles. The summed E-state index contributed by atoms with van der Waals surface area (Å²) in [5.41, 5.74) is 1.06. The Balaban J connectivity index is 1.69. The number of ether oxygens (including phenoxy) is 2. The van der Waals surface area contributed by atoms with E-state index in [0.29, 0.717) is 19.4 Å². The first-order chi connectivity index (χ1) is 11.2. The SMILES string of the molecule is COc1ccc([C@@H](C)NC(=O)CCCOc2ccccc2)cc1. The summed E-state index contributed by atoms with van der Waals surface area (Å²) in [5.74, 6) is 1.68. The van der Waals surface area contributed by atoms with E-state index < -0.39 is 0 Å². The molecule has 1 amide bonds. The molecule has 0 aliphatic rings. The van der Waals surface area contributed by atoms with Gasteiger partial charge in [0.15, 0.2) is 0 Å². The second-order valence-corrected chi connectivity index (χ2v) is 5.33. The van der Waals surface area contributed by atoms with Crippen LogP contribution in [0, 0.1) is 0 Å². The highest BCUT2D eigenvalue weighted by molar-refractivity contribution is 5.76. The Morgan fingerprint density at radius 3 is 2.39 bits per heavy atom. The van der Waals surface area contributed by atoms with Crippen molar-refractivity contribution in [3.63, 3.8) is 0 Å². The van der Waals surface area contributed by atoms with Crippen molar-refractivity contribution in [2.75, 3.05) is 13.7 Å². The highest BCUT2D eigenvalue weighted by Crippen LogP contribution is 2.17. The zero-order chi connectivity index (χ0) is 16.5. The quantitative estimate of drug-likeness (QED) is 0.755. The maximum absolute atomic E-state index is 12.0. The molecule has 0 aromatic heterocycles. The van der Waals surface area contributed by atoms with E-state index >= 15 is 0 Å². The van der Waals surface area contributed by atoms with Gasteiger partial charge in [-0.1, -0.05) is 30.3 Å². The summed E-state index contributed by atoms with van der Waals surface area (Å²) < 4.78 is 10.7. The van der Waals surface area contributed by atoms with Gasteiger partial charge < -0.3 is 14.8 Å². The van der Waals surface area contributed by atoms with Gasteiger partial charge in [0.2, 0.25) is 5.91 Å². The molecular formula is C19H23NO3. The Kier molecular flexibility index (Phi) is 6.48. The minimum atomic E-state index is -0.0246. The molecule has 0 bridgehead atoms. The van der Waals surface area contributed by atoms with Crippen LogP contribution < -0.4 is 14.8 Å². The first-order valence-corrected chi connectivity index (χ1v) is 7.80. The zero-order valence-electron chi connectivity index (χ0n) is 13.6. The molecule has 0 aliphatic carbocycles. The van der Waals surface area contributed by atoms with Gasteiger partial charge in [-0.05, 0) is 43.2 Å². The van der Waals surface area contributed by atoms with Crippen LogP contribution in [0.15, 0.2) is 54.6 Å². The van der Waals surface area contributed by atoms with Crippen molar-refractivity contribution in [3.8, 4) is 11.5 Å². The highest BCUT2D eigenvalue weighted by atomic mass is 16.5. The first kappa shape index (κ1) is 16.9. The van der Waals surface area contributed by atoms with Crippen LogP contribution in [0.1, 0.15) is 31.4 Å². The Morgan fingerprint density at radius 2 is 1.74 bits per heavy atom. The molecule has 2 rings (SSSR count). The second-order valence-electron chi connectivity index (χ2n) is 5.33. The van der Waals surface area contributed by atoms with Crippen molar-refractivity contribution in [2.45, 2.75) is 25.8 Å². The molecule has 1 N–H and O–H groups in total. The molecule has 0 fully saturated rings. The molecule has 23 heavy (non-hydrogen) atoms. The van der Waals surface area contributed by atoms with Crippen LogP contribution in [0.2, 0.25) is 0 Å². The molecule has 4 heteroatoms. The fourth-order valence-corrected chi connectivity index (χ4v) is 2.23. The molecule has 1 atom stereocenters. The zero-order valence-corrected chi connectivity index (χ0v) is 13.6. The molecule has 4 nitrogen and oxygen atoms in total. The van der Waals surface area contributed by atoms with Crippen molar-refractivity contribution < 1.29 is 14.3 Å². The number of amides is 1. The van der Waals surface area contributed by atoms with Gasteiger partial charge in [-0.25, -0.2) is 0 Å². The van der Waals surface area contributed by atoms with Crippen LogP contribution in [0.4, 0.5) is 0 Å². The lowest BCUT2D eigenvalue weighted by atomic mass is 10.1. The van der Waals surface area contributed by atoms with Gasteiger partial charge in [-0.2, -0.15) is 0 Å². The Labute approximate surface area is 137 Å². The van der Waals surface area contributed by atoms with Crippen molar-refractivity contribution in [2.24, 2.45) is 0 Å². The number of carbonyl (C=O) groups is 1. The topological polar surface area (TPSA) is 47.6 Å². The van der Waals surface area contributed by atoms with Crippen LogP contribution in [0.3, 0.4) is 0 Å². The predicted molar refractivity (Wildman–Crippen MR) is 90.7 cm³/mol. The molecule has 0 saturated heterocycles. The number of methoxy groups -OCH3 is 1. The fourth-order valence-electron chi connectivity index (χ4n) is 2.23. The summed E-state index contributed by atoms with van der Waals surface area (Å²) in [5, 5.41) is 3.00. The normalized spacial score (nSPS) is 11.6. The number of para-hydroxylation sites is 1. The van der Waals surface area contributed by atoms with E-state index in [1.54, 1.807) is 7.11 Å². The molecule has 0 heterocycles. The minimum Gasteiger partial charge on any atom is -0.497 e. The van der Waals surface area contributed by atoms with Crippen LogP contribution >= 0.6 is 0 Å². The maximum Gasteiger partial charge on any atom is 0.220 e. The van der Waals surface area contributed by atoms with Gasteiger partial charge >= 0.3 is 0 Å². The van der Waals surface area contributed by atoms with Crippen molar-refractivity contribution >= 4 is 5.91 Å². The summed E-state index contributed by atoms with van der Waals surface area (Å²) in [6.07, 6.45) is 1.14. The third kappa shape index (κ3) is 5.66. The van der Waals surface area contributed by atoms with Gasteiger partial charge in [-0.3, -0.25) is 4.79 Å². The average molecular weight is 313 g/mol. The smallest absolute Gasteiger partial charge is 0.220 e. The van der Waals surface area contributed by atoms with Gasteiger partial charge in [0, 0.05) is 6.42 Å². The van der Waals surface area contributed by atoms with Crippen LogP contribution in [-0.4, -0.2) is 19.6 Å². The summed E-state index contributed by atoms with van der Waals surface area (Å²) in [7, 11) is 1.64. The van der Waals surface area contributed by atoms with E-state index in [2.05, 4.69) is 5.32 Å². The molecule has 0 unspecified atom stereocenters. The van der Waals surface area contributed by atoms with Crippen LogP contribution in [0.5, 0.6) is 11.5 Å². The number of hydrogen-bond donors (Lipinski definition) is 1. The van der Waals surface area contributed by atoms with Crippen molar-refractivity contribution in [1.82, 2.24) is 5.32 Å². The van der Waals surface area contributed by atoms with Gasteiger partial charge in [0.05, 0.1) is 19.8 Å². The van der Waals surface area contributed by atoms with Crippen molar-refractivity contribution in [3.05, 3.63) is 60.2 Å². The lowest BCUT2D eigenvalue weighted by molar-refractivity contribution is -0.121. The Bertz CT molecular complexity index is 596. The van der Waals surface area contributed by atoms with Gasteiger partial charge in [0.25, 0.3) is 0 Å². The van der Waals surface area contributed by atoms with Crippen LogP contribution in [0.25, 0.3) is 0 Å². The summed E-state index contributed by atoms with van der Waals surface area (Å²) in [4.78, 5) is 12.0. The minimum absolute atomic E-state index is 0.0246. The second kappa shape index (κ2) is 8.83. The van der Waals surface area contributed by atoms with Crippen LogP contribution in [-0.2, 0) is 4.79 Å². The average Bonchev–Trinajstić information content (AvgIpc) is 2.59. The number of nitrogens with one attached hydrogen (secondary N) is 1. The van der Waals surface area contributed by atoms with E-state index in [1.807, 2.05) is 61.5 Å². The van der Waals surface area contributed by atoms with E-state index in [0.717, 1.165) is 17.1 Å². The number of hydrogen-bond acceptors (Lipinski definition) is 3. The number of carbonyl (C=O) groups excluding carboxylic acids is 1. The molecule has 0 saturated carbocycles.